The highest BCUT2D eigenvalue weighted by molar-refractivity contribution is 7.92. The van der Waals surface area contributed by atoms with Gasteiger partial charge < -0.3 is 9.72 Å². The van der Waals surface area contributed by atoms with Gasteiger partial charge in [0.2, 0.25) is 5.91 Å². The lowest BCUT2D eigenvalue weighted by atomic mass is 10.1. The van der Waals surface area contributed by atoms with Crippen LogP contribution in [-0.2, 0) is 27.7 Å². The monoisotopic (exact) mass is 452 g/mol. The van der Waals surface area contributed by atoms with E-state index in [1.807, 2.05) is 35.0 Å². The van der Waals surface area contributed by atoms with Gasteiger partial charge in [-0.2, -0.15) is 0 Å². The Morgan fingerprint density at radius 3 is 2.47 bits per heavy atom. The predicted molar refractivity (Wildman–Crippen MR) is 119 cm³/mol. The minimum atomic E-state index is -3.82. The van der Waals surface area contributed by atoms with Gasteiger partial charge in [0, 0.05) is 31.0 Å². The van der Waals surface area contributed by atoms with E-state index in [4.69, 9.17) is 0 Å². The van der Waals surface area contributed by atoms with E-state index in [9.17, 15) is 17.6 Å². The van der Waals surface area contributed by atoms with Gasteiger partial charge in [0.1, 0.15) is 11.5 Å². The normalized spacial score (nSPS) is 11.4. The van der Waals surface area contributed by atoms with E-state index in [1.165, 1.54) is 12.1 Å². The number of benzene rings is 2. The predicted octanol–water partition coefficient (Wildman–Crippen LogP) is 3.18. The topological polar surface area (TPSA) is 92.6 Å². The Bertz CT molecular complexity index is 1300. The molecule has 0 radical (unpaired) electrons. The molecule has 2 heterocycles. The molecular formula is C23H21FN4O3S. The third kappa shape index (κ3) is 5.30. The molecule has 0 unspecified atom stereocenters. The highest BCUT2D eigenvalue weighted by Gasteiger charge is 2.14. The molecule has 7 nitrogen and oxygen atoms in total. The van der Waals surface area contributed by atoms with Crippen LogP contribution in [0.5, 0.6) is 0 Å². The molecule has 164 valence electrons. The Labute approximate surface area is 185 Å². The summed E-state index contributed by atoms with van der Waals surface area (Å²) in [6.07, 6.45) is 4.66. The maximum absolute atomic E-state index is 13.0. The maximum atomic E-state index is 13.0. The number of amides is 1. The average Bonchev–Trinajstić information content (AvgIpc) is 3.18. The fraction of sp³-hybridized carbons (Fsp3) is 0.130. The van der Waals surface area contributed by atoms with E-state index >= 15 is 0 Å². The van der Waals surface area contributed by atoms with Gasteiger partial charge >= 0.3 is 0 Å². The number of hydrogen-bond acceptors (Lipinski definition) is 4. The quantitative estimate of drug-likeness (QED) is 0.430. The first-order valence-electron chi connectivity index (χ1n) is 9.96. The van der Waals surface area contributed by atoms with Crippen molar-refractivity contribution in [2.24, 2.45) is 0 Å². The lowest BCUT2D eigenvalue weighted by Crippen LogP contribution is -2.27. The van der Waals surface area contributed by atoms with Crippen molar-refractivity contribution in [3.63, 3.8) is 0 Å². The van der Waals surface area contributed by atoms with Gasteiger partial charge in [-0.05, 0) is 54.1 Å². The molecule has 32 heavy (non-hydrogen) atoms. The first kappa shape index (κ1) is 21.5. The van der Waals surface area contributed by atoms with Gasteiger partial charge in [-0.1, -0.05) is 18.2 Å². The number of rotatable bonds is 8. The number of nitrogens with one attached hydrogen (secondary N) is 2. The molecular weight excluding hydrogens is 431 g/mol. The molecule has 0 aliphatic rings. The lowest BCUT2D eigenvalue weighted by Gasteiger charge is -2.09. The number of carbonyl (C=O) groups is 1. The van der Waals surface area contributed by atoms with Crippen LogP contribution in [0.15, 0.2) is 84.0 Å². The molecule has 0 saturated carbocycles. The SMILES string of the molecule is O=C(Cc1ccc(NS(=O)(=O)c2ccc(F)cc2)cc1)NCCc1cn2ccccc2n1. The summed E-state index contributed by atoms with van der Waals surface area (Å²) in [4.78, 5) is 16.7. The highest BCUT2D eigenvalue weighted by atomic mass is 32.2. The smallest absolute Gasteiger partial charge is 0.261 e. The zero-order valence-electron chi connectivity index (χ0n) is 17.0. The summed E-state index contributed by atoms with van der Waals surface area (Å²) in [5.74, 6) is -0.640. The third-order valence-corrected chi connectivity index (χ3v) is 6.21. The van der Waals surface area contributed by atoms with E-state index in [1.54, 1.807) is 24.3 Å². The summed E-state index contributed by atoms with van der Waals surface area (Å²) < 4.78 is 42.1. The van der Waals surface area contributed by atoms with E-state index in [0.29, 0.717) is 18.7 Å². The van der Waals surface area contributed by atoms with Crippen molar-refractivity contribution >= 4 is 27.3 Å². The molecule has 2 N–H and O–H groups in total. The fourth-order valence-electron chi connectivity index (χ4n) is 3.20. The van der Waals surface area contributed by atoms with Crippen molar-refractivity contribution in [3.05, 3.63) is 96.2 Å². The number of hydrogen-bond donors (Lipinski definition) is 2. The Kier molecular flexibility index (Phi) is 6.18. The van der Waals surface area contributed by atoms with E-state index in [2.05, 4.69) is 15.0 Å². The molecule has 9 heteroatoms. The van der Waals surface area contributed by atoms with Crippen LogP contribution < -0.4 is 10.0 Å². The number of nitrogens with zero attached hydrogens (tertiary/aromatic N) is 2. The van der Waals surface area contributed by atoms with Crippen LogP contribution in [0.1, 0.15) is 11.3 Å². The number of imidazole rings is 1. The van der Waals surface area contributed by atoms with Crippen molar-refractivity contribution < 1.29 is 17.6 Å². The van der Waals surface area contributed by atoms with Crippen molar-refractivity contribution in [2.45, 2.75) is 17.7 Å². The summed E-state index contributed by atoms with van der Waals surface area (Å²) in [6, 6.07) is 16.9. The van der Waals surface area contributed by atoms with Crippen molar-refractivity contribution in [2.75, 3.05) is 11.3 Å². The average molecular weight is 453 g/mol. The number of anilines is 1. The Balaban J connectivity index is 1.28. The summed E-state index contributed by atoms with van der Waals surface area (Å²) in [7, 11) is -3.82. The van der Waals surface area contributed by atoms with Crippen molar-refractivity contribution in [1.29, 1.82) is 0 Å². The largest absolute Gasteiger partial charge is 0.355 e. The molecule has 2 aromatic carbocycles. The number of carbonyl (C=O) groups excluding carboxylic acids is 1. The molecule has 0 atom stereocenters. The zero-order chi connectivity index (χ0) is 22.6. The molecule has 0 fully saturated rings. The van der Waals surface area contributed by atoms with Gasteiger partial charge in [0.15, 0.2) is 0 Å². The second kappa shape index (κ2) is 9.19. The van der Waals surface area contributed by atoms with E-state index < -0.39 is 15.8 Å². The highest BCUT2D eigenvalue weighted by Crippen LogP contribution is 2.17. The summed E-state index contributed by atoms with van der Waals surface area (Å²) in [6.45, 7) is 0.471. The molecule has 4 aromatic rings. The lowest BCUT2D eigenvalue weighted by molar-refractivity contribution is -0.120. The zero-order valence-corrected chi connectivity index (χ0v) is 17.8. The minimum Gasteiger partial charge on any atom is -0.355 e. The van der Waals surface area contributed by atoms with Crippen LogP contribution >= 0.6 is 0 Å². The minimum absolute atomic E-state index is 0.0343. The number of fused-ring (bicyclic) bond motifs is 1. The number of halogens is 1. The molecule has 0 spiro atoms. The Morgan fingerprint density at radius 2 is 1.75 bits per heavy atom. The molecule has 4 rings (SSSR count). The van der Waals surface area contributed by atoms with Crippen LogP contribution in [0.4, 0.5) is 10.1 Å². The van der Waals surface area contributed by atoms with Crippen molar-refractivity contribution in [1.82, 2.24) is 14.7 Å². The molecule has 1 amide bonds. The van der Waals surface area contributed by atoms with Gasteiger partial charge in [0.05, 0.1) is 17.0 Å². The molecule has 0 bridgehead atoms. The van der Waals surface area contributed by atoms with Gasteiger partial charge in [0.25, 0.3) is 10.0 Å². The summed E-state index contributed by atoms with van der Waals surface area (Å²) >= 11 is 0. The fourth-order valence-corrected chi connectivity index (χ4v) is 4.26. The standard InChI is InChI=1S/C23H21FN4O3S/c24-18-6-10-21(11-7-18)32(30,31)27-19-8-4-17(5-9-19)15-23(29)25-13-12-20-16-28-14-2-1-3-22(28)26-20/h1-11,14,16,27H,12-13,15H2,(H,25,29). The maximum Gasteiger partial charge on any atom is 0.261 e. The number of aromatic nitrogens is 2. The van der Waals surface area contributed by atoms with Gasteiger partial charge in [-0.25, -0.2) is 17.8 Å². The second-order valence-corrected chi connectivity index (χ2v) is 8.91. The molecule has 0 aliphatic carbocycles. The second-order valence-electron chi connectivity index (χ2n) is 7.23. The van der Waals surface area contributed by atoms with E-state index in [-0.39, 0.29) is 17.2 Å². The first-order valence-corrected chi connectivity index (χ1v) is 11.4. The number of pyridine rings is 1. The van der Waals surface area contributed by atoms with E-state index in [0.717, 1.165) is 29.0 Å². The third-order valence-electron chi connectivity index (χ3n) is 4.81. The van der Waals surface area contributed by atoms with Crippen LogP contribution in [0.3, 0.4) is 0 Å². The van der Waals surface area contributed by atoms with Gasteiger partial charge in [-0.15, -0.1) is 0 Å². The Hall–Kier alpha value is -3.72. The summed E-state index contributed by atoms with van der Waals surface area (Å²) in [5, 5.41) is 2.87. The van der Waals surface area contributed by atoms with Crippen LogP contribution in [0.25, 0.3) is 5.65 Å². The van der Waals surface area contributed by atoms with Crippen LogP contribution in [-0.4, -0.2) is 30.3 Å². The van der Waals surface area contributed by atoms with Crippen molar-refractivity contribution in [3.8, 4) is 0 Å². The summed E-state index contributed by atoms with van der Waals surface area (Å²) in [5.41, 5.74) is 2.86. The molecule has 0 saturated heterocycles. The van der Waals surface area contributed by atoms with Crippen LogP contribution in [0.2, 0.25) is 0 Å². The Morgan fingerprint density at radius 1 is 1.00 bits per heavy atom. The molecule has 2 aromatic heterocycles. The molecule has 0 aliphatic heterocycles. The first-order chi connectivity index (χ1) is 15.4. The number of sulfonamides is 1. The van der Waals surface area contributed by atoms with Crippen LogP contribution in [0, 0.1) is 5.82 Å². The van der Waals surface area contributed by atoms with Gasteiger partial charge in [-0.3, -0.25) is 9.52 Å².